The Morgan fingerprint density at radius 2 is 1.58 bits per heavy atom. The third-order valence-corrected chi connectivity index (χ3v) is 10.6. The minimum absolute atomic E-state index is 0. The zero-order valence-electron chi connectivity index (χ0n) is 33.6. The molecule has 6 aromatic carbocycles. The molecule has 6 nitrogen and oxygen atoms in total. The van der Waals surface area contributed by atoms with E-state index in [-0.39, 0.29) is 26.5 Å². The Bertz CT molecular complexity index is 3130. The fraction of sp³-hybridized carbons (Fsp3) is 0.140. The topological polar surface area (TPSA) is 40.2 Å². The number of imidazole rings is 1. The monoisotopic (exact) mass is 920 g/mol. The van der Waals surface area contributed by atoms with Crippen LogP contribution in [0.25, 0.3) is 66.0 Å². The predicted molar refractivity (Wildman–Crippen MR) is 222 cm³/mol. The number of pyridine rings is 1. The molecule has 57 heavy (non-hydrogen) atoms. The largest absolute Gasteiger partial charge is 0.372 e. The van der Waals surface area contributed by atoms with Crippen molar-refractivity contribution in [3.63, 3.8) is 0 Å². The van der Waals surface area contributed by atoms with E-state index in [1.807, 2.05) is 71.4 Å². The van der Waals surface area contributed by atoms with Gasteiger partial charge in [-0.2, -0.15) is 47.5 Å². The van der Waals surface area contributed by atoms with E-state index in [0.717, 1.165) is 66.6 Å². The van der Waals surface area contributed by atoms with E-state index >= 15 is 0 Å². The standard InChI is InChI=1S/C50H37N5O.Pt/c1-50(2,3)39-10-9-11-41(28-39)53-32-54(47-15-8-7-14-46(47)53)42-24-34(23-36(26-42)35-17-19-40(51-4)20-18-35)22-33-16-21-44-43-12-5-6-13-45(43)55(48(44)25-33)49-27-37-30-56-31-38(37)29-52-49;/h5-21,23,26-29H,22,30-31H2,1-3H3;/q-2;/i22D2;. The summed E-state index contributed by atoms with van der Waals surface area (Å²) in [5.74, 6) is 0.736. The summed E-state index contributed by atoms with van der Waals surface area (Å²) in [4.78, 5) is 8.44. The molecule has 10 rings (SSSR count). The van der Waals surface area contributed by atoms with Gasteiger partial charge in [-0.25, -0.2) is 9.83 Å². The second kappa shape index (κ2) is 14.4. The van der Waals surface area contributed by atoms with Crippen molar-refractivity contribution in [3.8, 4) is 28.3 Å². The van der Waals surface area contributed by atoms with Gasteiger partial charge in [0, 0.05) is 41.1 Å². The maximum atomic E-state index is 9.86. The molecule has 0 bridgehead atoms. The number of hydrogen-bond donors (Lipinski definition) is 0. The molecule has 9 aromatic rings. The molecule has 0 amide bonds. The fourth-order valence-electron chi connectivity index (χ4n) is 7.70. The van der Waals surface area contributed by atoms with Crippen molar-refractivity contribution in [1.82, 2.24) is 14.1 Å². The van der Waals surface area contributed by atoms with Crippen LogP contribution in [0.5, 0.6) is 0 Å². The van der Waals surface area contributed by atoms with Crippen molar-refractivity contribution < 1.29 is 33.1 Å². The van der Waals surface area contributed by atoms with Crippen molar-refractivity contribution in [3.05, 3.63) is 191 Å². The van der Waals surface area contributed by atoms with Crippen LogP contribution in [0.15, 0.2) is 134 Å². The Kier molecular flexibility index (Phi) is 8.65. The summed E-state index contributed by atoms with van der Waals surface area (Å²) in [6.45, 7) is 15.2. The molecular weight excluding hydrogens is 882 g/mol. The van der Waals surface area contributed by atoms with Gasteiger partial charge in [0.1, 0.15) is 5.82 Å². The zero-order chi connectivity index (χ0) is 39.8. The third-order valence-electron chi connectivity index (χ3n) is 10.6. The van der Waals surface area contributed by atoms with Crippen molar-refractivity contribution in [2.24, 2.45) is 0 Å². The van der Waals surface area contributed by atoms with Crippen LogP contribution in [0.2, 0.25) is 0 Å². The Balaban J connectivity index is 0.00000449. The Morgan fingerprint density at radius 1 is 0.789 bits per heavy atom. The maximum absolute atomic E-state index is 9.86. The predicted octanol–water partition coefficient (Wildman–Crippen LogP) is 10.9. The number of benzene rings is 6. The number of aromatic nitrogens is 4. The molecule has 7 heteroatoms. The molecule has 280 valence electrons. The fourth-order valence-corrected chi connectivity index (χ4v) is 7.70. The molecule has 0 fully saturated rings. The number of ether oxygens (including phenoxy) is 1. The Hall–Kier alpha value is -6.12. The van der Waals surface area contributed by atoms with Gasteiger partial charge < -0.3 is 13.9 Å². The molecule has 0 saturated carbocycles. The van der Waals surface area contributed by atoms with Crippen molar-refractivity contribution >= 4 is 38.5 Å². The number of hydrogen-bond acceptors (Lipinski definition) is 2. The van der Waals surface area contributed by atoms with Gasteiger partial charge in [0.05, 0.1) is 36.5 Å². The van der Waals surface area contributed by atoms with Gasteiger partial charge in [-0.1, -0.05) is 105 Å². The molecule has 0 radical (unpaired) electrons. The molecule has 0 spiro atoms. The smallest absolute Gasteiger partial charge is 0.268 e. The summed E-state index contributed by atoms with van der Waals surface area (Å²) in [6.07, 6.45) is 3.46. The minimum atomic E-state index is -2.03. The van der Waals surface area contributed by atoms with E-state index < -0.39 is 6.37 Å². The Labute approximate surface area is 349 Å². The number of para-hydroxylation sites is 3. The van der Waals surface area contributed by atoms with E-state index in [1.165, 1.54) is 5.56 Å². The third kappa shape index (κ3) is 6.57. The van der Waals surface area contributed by atoms with Crippen LogP contribution < -0.4 is 4.57 Å². The molecule has 1 aliphatic heterocycles. The van der Waals surface area contributed by atoms with E-state index in [4.69, 9.17) is 16.3 Å². The molecule has 3 aromatic heterocycles. The first-order valence-electron chi connectivity index (χ1n) is 19.7. The summed E-state index contributed by atoms with van der Waals surface area (Å²) in [5.41, 5.74) is 11.4. The van der Waals surface area contributed by atoms with Crippen molar-refractivity contribution in [2.45, 2.75) is 45.8 Å². The van der Waals surface area contributed by atoms with Gasteiger partial charge in [0.15, 0.2) is 5.69 Å². The molecule has 1 aliphatic rings. The number of fused-ring (bicyclic) bond motifs is 5. The average Bonchev–Trinajstić information content (AvgIpc) is 3.97. The quantitative estimate of drug-likeness (QED) is 0.123. The normalized spacial score (nSPS) is 13.3. The number of rotatable bonds is 6. The molecule has 0 saturated heterocycles. The first-order chi connectivity index (χ1) is 28.1. The first kappa shape index (κ1) is 34.2. The van der Waals surface area contributed by atoms with Gasteiger partial charge in [0.25, 0.3) is 6.33 Å². The van der Waals surface area contributed by atoms with Crippen LogP contribution in [-0.2, 0) is 50.8 Å². The molecule has 0 unspecified atom stereocenters. The van der Waals surface area contributed by atoms with Gasteiger partial charge in [0.2, 0.25) is 0 Å². The summed E-state index contributed by atoms with van der Waals surface area (Å²) >= 11 is 0. The van der Waals surface area contributed by atoms with Gasteiger partial charge >= 0.3 is 0 Å². The SMILES string of the molecule is [2H]C([2H])(c1[c-]c2c(cc1)c1ccccc1n2-c1cc2c(cn1)COC2)c1[c-]c(-n2[c-][n+](-c3cccc(C(C)(C)C)c3)c3ccccc32)cc(-c2ccc([N+]#[C-])cc2)c1.[Pt]. The van der Waals surface area contributed by atoms with Crippen LogP contribution >= 0.6 is 0 Å². The summed E-state index contributed by atoms with van der Waals surface area (Å²) in [6, 6.07) is 49.1. The summed E-state index contributed by atoms with van der Waals surface area (Å²) in [5, 5.41) is 2.00. The van der Waals surface area contributed by atoms with Gasteiger partial charge in [-0.3, -0.25) is 4.57 Å². The number of nitrogens with zero attached hydrogens (tertiary/aromatic N) is 5. The van der Waals surface area contributed by atoms with Gasteiger partial charge in [-0.05, 0) is 63.8 Å². The van der Waals surface area contributed by atoms with Crippen molar-refractivity contribution in [1.29, 1.82) is 0 Å². The summed E-state index contributed by atoms with van der Waals surface area (Å²) in [7, 11) is 0. The second-order valence-electron chi connectivity index (χ2n) is 15.3. The van der Waals surface area contributed by atoms with Crippen molar-refractivity contribution in [2.75, 3.05) is 0 Å². The van der Waals surface area contributed by atoms with E-state index in [9.17, 15) is 2.74 Å². The average molecular weight is 921 g/mol. The molecule has 0 atom stereocenters. The van der Waals surface area contributed by atoms with E-state index in [2.05, 4.69) is 108 Å². The van der Waals surface area contributed by atoms with Crippen LogP contribution in [0.3, 0.4) is 0 Å². The van der Waals surface area contributed by atoms with Gasteiger partial charge in [-0.15, -0.1) is 10.9 Å². The second-order valence-corrected chi connectivity index (χ2v) is 15.3. The van der Waals surface area contributed by atoms with E-state index in [0.29, 0.717) is 35.7 Å². The first-order valence-corrected chi connectivity index (χ1v) is 18.7. The molecule has 4 heterocycles. The van der Waals surface area contributed by atoms with Crippen LogP contribution in [0.1, 0.15) is 51.3 Å². The maximum Gasteiger partial charge on any atom is 0.268 e. The molecule has 0 N–H and O–H groups in total. The van der Waals surface area contributed by atoms with E-state index in [1.54, 1.807) is 12.1 Å². The van der Waals surface area contributed by atoms with Crippen LogP contribution in [0, 0.1) is 25.0 Å². The van der Waals surface area contributed by atoms with Crippen LogP contribution in [-0.4, -0.2) is 14.1 Å². The zero-order valence-corrected chi connectivity index (χ0v) is 33.8. The van der Waals surface area contributed by atoms with Crippen LogP contribution in [0.4, 0.5) is 5.69 Å². The minimum Gasteiger partial charge on any atom is -0.372 e. The molecule has 0 aliphatic carbocycles. The molecular formula is C50H37N5OPt-2. The Morgan fingerprint density at radius 3 is 2.40 bits per heavy atom. The summed E-state index contributed by atoms with van der Waals surface area (Å²) < 4.78 is 31.5.